The van der Waals surface area contributed by atoms with Gasteiger partial charge in [-0.25, -0.2) is 4.98 Å². The number of fused-ring (bicyclic) bond motifs is 1. The number of nitrogens with zero attached hydrogens (tertiary/aromatic N) is 2. The van der Waals surface area contributed by atoms with Crippen LogP contribution in [0.1, 0.15) is 12.8 Å². The van der Waals surface area contributed by atoms with Crippen LogP contribution in [0.15, 0.2) is 16.7 Å². The Labute approximate surface area is 101 Å². The summed E-state index contributed by atoms with van der Waals surface area (Å²) >= 11 is 3.27. The van der Waals surface area contributed by atoms with E-state index in [2.05, 4.69) is 26.2 Å². The minimum atomic E-state index is -0.608. The largest absolute Gasteiger partial charge is 0.477 e. The molecule has 0 spiro atoms. The third kappa shape index (κ3) is 2.14. The lowest BCUT2D eigenvalue weighted by atomic mass is 10.1. The summed E-state index contributed by atoms with van der Waals surface area (Å²) in [6.45, 7) is 0. The molecule has 6 heteroatoms. The summed E-state index contributed by atoms with van der Waals surface area (Å²) in [6, 6.07) is 3.72. The van der Waals surface area contributed by atoms with E-state index in [4.69, 9.17) is 10.00 Å². The molecule has 0 fully saturated rings. The molecule has 2 rings (SSSR count). The predicted octanol–water partition coefficient (Wildman–Crippen LogP) is 1.85. The maximum Gasteiger partial charge on any atom is 0.266 e. The molecule has 2 heterocycles. The Morgan fingerprint density at radius 3 is 3.25 bits per heavy atom. The average molecular weight is 282 g/mol. The molecule has 1 aliphatic heterocycles. The van der Waals surface area contributed by atoms with Crippen molar-refractivity contribution >= 4 is 27.7 Å². The van der Waals surface area contributed by atoms with Crippen LogP contribution in [0, 0.1) is 11.3 Å². The van der Waals surface area contributed by atoms with Crippen LogP contribution in [0.4, 0.5) is 5.82 Å². The van der Waals surface area contributed by atoms with Crippen LogP contribution in [0.2, 0.25) is 0 Å². The standard InChI is InChI=1S/C10H8BrN3O2/c11-6-4-8-9(13-5-6)14-10(15)7(16-8)2-1-3-12/h4-5,7H,1-2H2,(H,13,14,15). The van der Waals surface area contributed by atoms with Gasteiger partial charge in [0.15, 0.2) is 17.7 Å². The molecule has 82 valence electrons. The Bertz CT molecular complexity index is 470. The number of aromatic nitrogens is 1. The lowest BCUT2D eigenvalue weighted by molar-refractivity contribution is -0.123. The van der Waals surface area contributed by atoms with Gasteiger partial charge in [0, 0.05) is 23.5 Å². The molecule has 1 atom stereocenters. The van der Waals surface area contributed by atoms with E-state index >= 15 is 0 Å². The topological polar surface area (TPSA) is 75.0 Å². The van der Waals surface area contributed by atoms with E-state index in [1.165, 1.54) is 0 Å². The summed E-state index contributed by atoms with van der Waals surface area (Å²) < 4.78 is 6.25. The molecule has 0 bridgehead atoms. The Morgan fingerprint density at radius 2 is 2.50 bits per heavy atom. The van der Waals surface area contributed by atoms with Crippen LogP contribution in [-0.4, -0.2) is 17.0 Å². The predicted molar refractivity (Wildman–Crippen MR) is 59.8 cm³/mol. The summed E-state index contributed by atoms with van der Waals surface area (Å²) in [7, 11) is 0. The third-order valence-corrected chi connectivity index (χ3v) is 2.57. The molecule has 1 unspecified atom stereocenters. The van der Waals surface area contributed by atoms with Gasteiger partial charge in [-0.2, -0.15) is 5.26 Å². The lowest BCUT2D eigenvalue weighted by Crippen LogP contribution is -2.37. The number of nitrogens with one attached hydrogen (secondary N) is 1. The van der Waals surface area contributed by atoms with E-state index in [9.17, 15) is 4.79 Å². The van der Waals surface area contributed by atoms with Gasteiger partial charge in [0.05, 0.1) is 6.07 Å². The van der Waals surface area contributed by atoms with E-state index in [0.29, 0.717) is 18.0 Å². The van der Waals surface area contributed by atoms with Gasteiger partial charge in [-0.1, -0.05) is 0 Å². The fourth-order valence-electron chi connectivity index (χ4n) is 1.39. The quantitative estimate of drug-likeness (QED) is 0.898. The van der Waals surface area contributed by atoms with Gasteiger partial charge in [0.2, 0.25) is 0 Å². The molecule has 1 aromatic heterocycles. The maximum atomic E-state index is 11.6. The number of ether oxygens (including phenoxy) is 1. The minimum Gasteiger partial charge on any atom is -0.477 e. The van der Waals surface area contributed by atoms with Crippen LogP contribution >= 0.6 is 15.9 Å². The number of nitriles is 1. The average Bonchev–Trinajstić information content (AvgIpc) is 2.27. The number of carbonyl (C=O) groups excluding carboxylic acids is 1. The summed E-state index contributed by atoms with van der Waals surface area (Å²) in [5.74, 6) is 0.691. The molecule has 0 saturated heterocycles. The Morgan fingerprint density at radius 1 is 1.69 bits per heavy atom. The minimum absolute atomic E-state index is 0.252. The van der Waals surface area contributed by atoms with E-state index in [-0.39, 0.29) is 12.3 Å². The second-order valence-corrected chi connectivity index (χ2v) is 4.21. The van der Waals surface area contributed by atoms with E-state index in [0.717, 1.165) is 4.47 Å². The van der Waals surface area contributed by atoms with Crippen LogP contribution in [-0.2, 0) is 4.79 Å². The Balaban J connectivity index is 2.20. The normalized spacial score (nSPS) is 18.0. The molecule has 0 aliphatic carbocycles. The first kappa shape index (κ1) is 10.9. The smallest absolute Gasteiger partial charge is 0.266 e. The molecular weight excluding hydrogens is 274 g/mol. The second kappa shape index (κ2) is 4.49. The van der Waals surface area contributed by atoms with Crippen molar-refractivity contribution in [1.82, 2.24) is 4.98 Å². The molecule has 16 heavy (non-hydrogen) atoms. The zero-order valence-corrected chi connectivity index (χ0v) is 9.82. The van der Waals surface area contributed by atoms with Gasteiger partial charge >= 0.3 is 0 Å². The van der Waals surface area contributed by atoms with Crippen molar-refractivity contribution in [3.63, 3.8) is 0 Å². The first-order chi connectivity index (χ1) is 7.70. The number of halogens is 1. The number of carbonyl (C=O) groups is 1. The van der Waals surface area contributed by atoms with Crippen molar-refractivity contribution in [3.8, 4) is 11.8 Å². The lowest BCUT2D eigenvalue weighted by Gasteiger charge is -2.24. The monoisotopic (exact) mass is 281 g/mol. The zero-order chi connectivity index (χ0) is 11.5. The van der Waals surface area contributed by atoms with Crippen molar-refractivity contribution in [1.29, 1.82) is 5.26 Å². The van der Waals surface area contributed by atoms with Crippen molar-refractivity contribution < 1.29 is 9.53 Å². The fourth-order valence-corrected chi connectivity index (χ4v) is 1.70. The van der Waals surface area contributed by atoms with Gasteiger partial charge in [-0.05, 0) is 22.0 Å². The Hall–Kier alpha value is -1.61. The van der Waals surface area contributed by atoms with Gasteiger partial charge < -0.3 is 10.1 Å². The number of pyridine rings is 1. The van der Waals surface area contributed by atoms with Crippen LogP contribution in [0.5, 0.6) is 5.75 Å². The Kier molecular flexibility index (Phi) is 3.06. The molecule has 1 aromatic rings. The number of anilines is 1. The van der Waals surface area contributed by atoms with E-state index in [1.807, 2.05) is 6.07 Å². The third-order valence-electron chi connectivity index (χ3n) is 2.14. The second-order valence-electron chi connectivity index (χ2n) is 3.29. The van der Waals surface area contributed by atoms with E-state index in [1.54, 1.807) is 12.3 Å². The van der Waals surface area contributed by atoms with E-state index < -0.39 is 6.10 Å². The zero-order valence-electron chi connectivity index (χ0n) is 8.24. The number of hydrogen-bond donors (Lipinski definition) is 1. The van der Waals surface area contributed by atoms with Crippen molar-refractivity contribution in [2.24, 2.45) is 0 Å². The highest BCUT2D eigenvalue weighted by molar-refractivity contribution is 9.10. The molecule has 0 aromatic carbocycles. The highest BCUT2D eigenvalue weighted by atomic mass is 79.9. The molecule has 0 radical (unpaired) electrons. The van der Waals surface area contributed by atoms with Gasteiger partial charge in [-0.15, -0.1) is 0 Å². The molecule has 5 nitrogen and oxygen atoms in total. The molecule has 1 N–H and O–H groups in total. The number of amides is 1. The molecule has 1 aliphatic rings. The molecule has 1 amide bonds. The highest BCUT2D eigenvalue weighted by Gasteiger charge is 2.27. The highest BCUT2D eigenvalue weighted by Crippen LogP contribution is 2.30. The SMILES string of the molecule is N#CCCC1Oc2cc(Br)cnc2NC1=O. The van der Waals surface area contributed by atoms with Crippen LogP contribution < -0.4 is 10.1 Å². The summed E-state index contributed by atoms with van der Waals surface area (Å²) in [6.07, 6.45) is 1.64. The first-order valence-corrected chi connectivity index (χ1v) is 5.50. The summed E-state index contributed by atoms with van der Waals surface area (Å²) in [5.41, 5.74) is 0. The summed E-state index contributed by atoms with van der Waals surface area (Å²) in [4.78, 5) is 15.6. The molecular formula is C10H8BrN3O2. The summed E-state index contributed by atoms with van der Waals surface area (Å²) in [5, 5.41) is 11.1. The number of hydrogen-bond acceptors (Lipinski definition) is 4. The maximum absolute atomic E-state index is 11.6. The van der Waals surface area contributed by atoms with Crippen LogP contribution in [0.25, 0.3) is 0 Å². The van der Waals surface area contributed by atoms with Crippen molar-refractivity contribution in [2.75, 3.05) is 5.32 Å². The van der Waals surface area contributed by atoms with Gasteiger partial charge in [0.1, 0.15) is 0 Å². The molecule has 0 saturated carbocycles. The van der Waals surface area contributed by atoms with Crippen molar-refractivity contribution in [3.05, 3.63) is 16.7 Å². The fraction of sp³-hybridized carbons (Fsp3) is 0.300. The van der Waals surface area contributed by atoms with Gasteiger partial charge in [0.25, 0.3) is 5.91 Å². The van der Waals surface area contributed by atoms with Gasteiger partial charge in [-0.3, -0.25) is 4.79 Å². The first-order valence-electron chi connectivity index (χ1n) is 4.70. The van der Waals surface area contributed by atoms with Crippen molar-refractivity contribution in [2.45, 2.75) is 18.9 Å². The number of rotatable bonds is 2. The van der Waals surface area contributed by atoms with Crippen LogP contribution in [0.3, 0.4) is 0 Å².